The predicted octanol–water partition coefficient (Wildman–Crippen LogP) is 3.10. The molecule has 21 heavy (non-hydrogen) atoms. The Morgan fingerprint density at radius 1 is 1.33 bits per heavy atom. The third kappa shape index (κ3) is 3.94. The maximum absolute atomic E-state index is 12.9. The first-order valence-corrected chi connectivity index (χ1v) is 7.33. The van der Waals surface area contributed by atoms with Gasteiger partial charge in [0.2, 0.25) is 0 Å². The number of carboxylic acid groups (broad SMARTS) is 1. The van der Waals surface area contributed by atoms with Crippen molar-refractivity contribution in [3.63, 3.8) is 0 Å². The molecule has 114 valence electrons. The van der Waals surface area contributed by atoms with Gasteiger partial charge < -0.3 is 10.4 Å². The number of hydrogen-bond acceptors (Lipinski definition) is 2. The number of carboxylic acids is 1. The predicted molar refractivity (Wildman–Crippen MR) is 76.8 cm³/mol. The minimum absolute atomic E-state index is 0.0472. The van der Waals surface area contributed by atoms with Crippen LogP contribution in [0.2, 0.25) is 5.02 Å². The Balaban J connectivity index is 1.98. The van der Waals surface area contributed by atoms with Crippen LogP contribution in [0.25, 0.3) is 0 Å². The van der Waals surface area contributed by atoms with E-state index in [2.05, 4.69) is 5.32 Å². The monoisotopic (exact) mass is 313 g/mol. The van der Waals surface area contributed by atoms with Crippen LogP contribution in [0.15, 0.2) is 18.2 Å². The van der Waals surface area contributed by atoms with Crippen molar-refractivity contribution in [2.75, 3.05) is 6.54 Å². The molecule has 2 atom stereocenters. The van der Waals surface area contributed by atoms with Crippen LogP contribution in [0, 0.1) is 17.7 Å². The molecular weight excluding hydrogens is 297 g/mol. The zero-order valence-electron chi connectivity index (χ0n) is 11.4. The Morgan fingerprint density at radius 2 is 2.05 bits per heavy atom. The molecule has 1 aromatic rings. The Bertz CT molecular complexity index is 550. The SMILES string of the molecule is O=C(NCC1CCCCC1C(=O)O)c1ccc(F)cc1Cl. The molecule has 4 nitrogen and oxygen atoms in total. The Kier molecular flexibility index (Phi) is 5.17. The minimum Gasteiger partial charge on any atom is -0.481 e. The Hall–Kier alpha value is -1.62. The number of nitrogens with one attached hydrogen (secondary N) is 1. The van der Waals surface area contributed by atoms with Gasteiger partial charge in [-0.15, -0.1) is 0 Å². The molecule has 0 heterocycles. The number of carbonyl (C=O) groups is 2. The van der Waals surface area contributed by atoms with Crippen molar-refractivity contribution in [2.45, 2.75) is 25.7 Å². The van der Waals surface area contributed by atoms with Gasteiger partial charge in [0, 0.05) is 6.54 Å². The lowest BCUT2D eigenvalue weighted by molar-refractivity contribution is -0.144. The van der Waals surface area contributed by atoms with Gasteiger partial charge in [0.15, 0.2) is 0 Å². The molecule has 1 aliphatic rings. The van der Waals surface area contributed by atoms with Crippen LogP contribution in [-0.2, 0) is 4.79 Å². The van der Waals surface area contributed by atoms with E-state index in [9.17, 15) is 19.1 Å². The molecule has 1 aliphatic carbocycles. The van der Waals surface area contributed by atoms with Crippen LogP contribution in [0.3, 0.4) is 0 Å². The minimum atomic E-state index is -0.811. The molecule has 2 unspecified atom stereocenters. The van der Waals surface area contributed by atoms with Crippen molar-refractivity contribution in [1.29, 1.82) is 0 Å². The van der Waals surface area contributed by atoms with E-state index in [1.165, 1.54) is 12.1 Å². The van der Waals surface area contributed by atoms with Crippen molar-refractivity contribution < 1.29 is 19.1 Å². The molecule has 0 spiro atoms. The normalized spacial score (nSPS) is 21.8. The van der Waals surface area contributed by atoms with Crippen molar-refractivity contribution in [3.05, 3.63) is 34.6 Å². The lowest BCUT2D eigenvalue weighted by atomic mass is 9.79. The first kappa shape index (κ1) is 15.8. The third-order valence-electron chi connectivity index (χ3n) is 3.93. The summed E-state index contributed by atoms with van der Waals surface area (Å²) >= 11 is 5.83. The molecule has 1 aromatic carbocycles. The van der Waals surface area contributed by atoms with Gasteiger partial charge in [0.05, 0.1) is 16.5 Å². The second-order valence-electron chi connectivity index (χ2n) is 5.32. The molecule has 1 amide bonds. The molecule has 0 bridgehead atoms. The van der Waals surface area contributed by atoms with E-state index in [-0.39, 0.29) is 16.5 Å². The van der Waals surface area contributed by atoms with Crippen LogP contribution in [0.1, 0.15) is 36.0 Å². The maximum atomic E-state index is 12.9. The highest BCUT2D eigenvalue weighted by Crippen LogP contribution is 2.30. The second-order valence-corrected chi connectivity index (χ2v) is 5.73. The molecular formula is C15H17ClFNO3. The fraction of sp³-hybridized carbons (Fsp3) is 0.467. The summed E-state index contributed by atoms with van der Waals surface area (Å²) in [5.41, 5.74) is 0.195. The van der Waals surface area contributed by atoms with Crippen LogP contribution < -0.4 is 5.32 Å². The van der Waals surface area contributed by atoms with Crippen molar-refractivity contribution in [1.82, 2.24) is 5.32 Å². The number of carbonyl (C=O) groups excluding carboxylic acids is 1. The van der Waals surface area contributed by atoms with Crippen molar-refractivity contribution in [2.24, 2.45) is 11.8 Å². The van der Waals surface area contributed by atoms with Crippen molar-refractivity contribution >= 4 is 23.5 Å². The van der Waals surface area contributed by atoms with E-state index in [1.54, 1.807) is 0 Å². The van der Waals surface area contributed by atoms with Gasteiger partial charge in [-0.1, -0.05) is 24.4 Å². The number of aliphatic carboxylic acids is 1. The van der Waals surface area contributed by atoms with Gasteiger partial charge >= 0.3 is 5.97 Å². The van der Waals surface area contributed by atoms with Crippen molar-refractivity contribution in [3.8, 4) is 0 Å². The highest BCUT2D eigenvalue weighted by atomic mass is 35.5. The molecule has 1 fully saturated rings. The van der Waals surface area contributed by atoms with E-state index >= 15 is 0 Å². The third-order valence-corrected chi connectivity index (χ3v) is 4.24. The number of benzene rings is 1. The van der Waals surface area contributed by atoms with E-state index < -0.39 is 23.6 Å². The number of halogens is 2. The first-order valence-electron chi connectivity index (χ1n) is 6.95. The summed E-state index contributed by atoms with van der Waals surface area (Å²) in [6.07, 6.45) is 3.31. The van der Waals surface area contributed by atoms with Gasteiger partial charge in [0.1, 0.15) is 5.82 Å². The number of amides is 1. The fourth-order valence-corrected chi connectivity index (χ4v) is 3.02. The molecule has 6 heteroatoms. The average Bonchev–Trinajstić information content (AvgIpc) is 2.45. The van der Waals surface area contributed by atoms with Gasteiger partial charge in [-0.25, -0.2) is 4.39 Å². The number of rotatable bonds is 4. The van der Waals surface area contributed by atoms with E-state index in [0.29, 0.717) is 13.0 Å². The second kappa shape index (κ2) is 6.89. The van der Waals surface area contributed by atoms with E-state index in [4.69, 9.17) is 11.6 Å². The van der Waals surface area contributed by atoms with Crippen LogP contribution in [-0.4, -0.2) is 23.5 Å². The zero-order valence-corrected chi connectivity index (χ0v) is 12.2. The molecule has 1 saturated carbocycles. The molecule has 2 N–H and O–H groups in total. The molecule has 0 radical (unpaired) electrons. The maximum Gasteiger partial charge on any atom is 0.306 e. The summed E-state index contributed by atoms with van der Waals surface area (Å²) < 4.78 is 12.9. The lowest BCUT2D eigenvalue weighted by Gasteiger charge is -2.28. The summed E-state index contributed by atoms with van der Waals surface area (Å²) in [5, 5.41) is 11.9. The summed E-state index contributed by atoms with van der Waals surface area (Å²) in [6, 6.07) is 3.57. The highest BCUT2D eigenvalue weighted by Gasteiger charge is 2.30. The topological polar surface area (TPSA) is 66.4 Å². The Morgan fingerprint density at radius 3 is 2.71 bits per heavy atom. The summed E-state index contributed by atoms with van der Waals surface area (Å²) in [7, 11) is 0. The summed E-state index contributed by atoms with van der Waals surface area (Å²) in [6.45, 7) is 0.295. The first-order chi connectivity index (χ1) is 9.99. The van der Waals surface area contributed by atoms with Crippen LogP contribution in [0.4, 0.5) is 4.39 Å². The summed E-state index contributed by atoms with van der Waals surface area (Å²) in [4.78, 5) is 23.2. The van der Waals surface area contributed by atoms with E-state index in [0.717, 1.165) is 25.3 Å². The smallest absolute Gasteiger partial charge is 0.306 e. The van der Waals surface area contributed by atoms with E-state index in [1.807, 2.05) is 0 Å². The summed E-state index contributed by atoms with van der Waals surface area (Å²) in [5.74, 6) is -2.21. The largest absolute Gasteiger partial charge is 0.481 e. The molecule has 0 aromatic heterocycles. The number of hydrogen-bond donors (Lipinski definition) is 2. The Labute approximate surface area is 127 Å². The van der Waals surface area contributed by atoms with Gasteiger partial charge in [-0.3, -0.25) is 9.59 Å². The molecule has 2 rings (SSSR count). The van der Waals surface area contributed by atoms with Crippen LogP contribution in [0.5, 0.6) is 0 Å². The van der Waals surface area contributed by atoms with Gasteiger partial charge in [-0.05, 0) is 37.0 Å². The zero-order chi connectivity index (χ0) is 15.4. The molecule has 0 aliphatic heterocycles. The standard InChI is InChI=1S/C15H17ClFNO3/c16-13-7-10(17)5-6-12(13)14(19)18-8-9-3-1-2-4-11(9)15(20)21/h5-7,9,11H,1-4,8H2,(H,18,19)(H,20,21). The highest BCUT2D eigenvalue weighted by molar-refractivity contribution is 6.33. The van der Waals surface area contributed by atoms with Gasteiger partial charge in [0.25, 0.3) is 5.91 Å². The molecule has 0 saturated heterocycles. The van der Waals surface area contributed by atoms with Crippen LogP contribution >= 0.6 is 11.6 Å². The van der Waals surface area contributed by atoms with Gasteiger partial charge in [-0.2, -0.15) is 0 Å². The average molecular weight is 314 g/mol. The lowest BCUT2D eigenvalue weighted by Crippen LogP contribution is -2.37. The quantitative estimate of drug-likeness (QED) is 0.897. The fourth-order valence-electron chi connectivity index (χ4n) is 2.77.